The Morgan fingerprint density at radius 2 is 1.76 bits per heavy atom. The van der Waals surface area contributed by atoms with E-state index in [1.807, 2.05) is 19.9 Å². The molecule has 0 heterocycles. The summed E-state index contributed by atoms with van der Waals surface area (Å²) in [5.41, 5.74) is 2.98. The van der Waals surface area contributed by atoms with Crippen LogP contribution in [0.3, 0.4) is 0 Å². The van der Waals surface area contributed by atoms with E-state index in [1.165, 1.54) is 6.08 Å². The maximum atomic E-state index is 12.6. The highest BCUT2D eigenvalue weighted by Crippen LogP contribution is 2.26. The first-order valence-electron chi connectivity index (χ1n) is 6.55. The zero-order valence-corrected chi connectivity index (χ0v) is 13.5. The van der Waals surface area contributed by atoms with E-state index in [9.17, 15) is 13.2 Å². The highest BCUT2D eigenvalue weighted by atomic mass is 32.2. The van der Waals surface area contributed by atoms with E-state index in [4.69, 9.17) is 5.11 Å². The molecule has 1 atom stereocenters. The van der Waals surface area contributed by atoms with E-state index in [2.05, 4.69) is 11.3 Å². The van der Waals surface area contributed by atoms with E-state index in [0.717, 1.165) is 11.1 Å². The van der Waals surface area contributed by atoms with Gasteiger partial charge in [-0.15, -0.1) is 6.58 Å². The molecule has 0 saturated heterocycles. The molecular weight excluding hydrogens is 290 g/mol. The van der Waals surface area contributed by atoms with Gasteiger partial charge in [0.25, 0.3) is 0 Å². The number of hydrogen-bond donors (Lipinski definition) is 2. The first kappa shape index (κ1) is 17.4. The zero-order valence-electron chi connectivity index (χ0n) is 12.7. The number of carboxylic acids is 1. The third-order valence-electron chi connectivity index (χ3n) is 3.56. The van der Waals surface area contributed by atoms with Gasteiger partial charge >= 0.3 is 5.97 Å². The standard InChI is InChI=1S/C15H21NO4S/c1-6-7-13(15(17)18)16-21(19,20)14-11(4)9(2)8-10(3)12(14)5/h6,8,13,16H,1,7H2,2-5H3,(H,17,18). The molecule has 0 bridgehead atoms. The minimum atomic E-state index is -3.91. The molecule has 2 N–H and O–H groups in total. The zero-order chi connectivity index (χ0) is 16.4. The van der Waals surface area contributed by atoms with Gasteiger partial charge in [0, 0.05) is 0 Å². The predicted molar refractivity (Wildman–Crippen MR) is 81.9 cm³/mol. The Morgan fingerprint density at radius 1 is 1.29 bits per heavy atom. The molecule has 0 aromatic heterocycles. The molecule has 1 rings (SSSR count). The van der Waals surface area contributed by atoms with Crippen molar-refractivity contribution < 1.29 is 18.3 Å². The monoisotopic (exact) mass is 311 g/mol. The van der Waals surface area contributed by atoms with Gasteiger partial charge in [0.1, 0.15) is 6.04 Å². The van der Waals surface area contributed by atoms with Crippen molar-refractivity contribution in [1.82, 2.24) is 4.72 Å². The van der Waals surface area contributed by atoms with Crippen LogP contribution in [0.5, 0.6) is 0 Å². The third-order valence-corrected chi connectivity index (χ3v) is 5.31. The molecule has 1 unspecified atom stereocenters. The van der Waals surface area contributed by atoms with E-state index in [-0.39, 0.29) is 11.3 Å². The number of aryl methyl sites for hydroxylation is 2. The number of rotatable bonds is 6. The Hall–Kier alpha value is -1.66. The van der Waals surface area contributed by atoms with Gasteiger partial charge in [0.2, 0.25) is 10.0 Å². The molecular formula is C15H21NO4S. The quantitative estimate of drug-likeness (QED) is 0.789. The van der Waals surface area contributed by atoms with E-state index in [1.54, 1.807) is 13.8 Å². The summed E-state index contributed by atoms with van der Waals surface area (Å²) in [7, 11) is -3.91. The number of sulfonamides is 1. The van der Waals surface area contributed by atoms with Gasteiger partial charge in [0.05, 0.1) is 4.90 Å². The van der Waals surface area contributed by atoms with Crippen LogP contribution < -0.4 is 4.72 Å². The van der Waals surface area contributed by atoms with Gasteiger partial charge in [0.15, 0.2) is 0 Å². The van der Waals surface area contributed by atoms with Gasteiger partial charge < -0.3 is 5.11 Å². The number of carbonyl (C=O) groups is 1. The first-order valence-corrected chi connectivity index (χ1v) is 8.03. The highest BCUT2D eigenvalue weighted by Gasteiger charge is 2.27. The summed E-state index contributed by atoms with van der Waals surface area (Å²) in [4.78, 5) is 11.3. The Morgan fingerprint density at radius 3 is 2.14 bits per heavy atom. The maximum Gasteiger partial charge on any atom is 0.322 e. The van der Waals surface area contributed by atoms with Gasteiger partial charge in [-0.25, -0.2) is 8.42 Å². The lowest BCUT2D eigenvalue weighted by Gasteiger charge is -2.18. The predicted octanol–water partition coefficient (Wildman–Crippen LogP) is 2.23. The van der Waals surface area contributed by atoms with Gasteiger partial charge in [-0.1, -0.05) is 12.1 Å². The molecule has 1 aromatic carbocycles. The summed E-state index contributed by atoms with van der Waals surface area (Å²) in [6, 6.07) is 0.703. The van der Waals surface area contributed by atoms with E-state index < -0.39 is 22.0 Å². The Bertz CT molecular complexity index is 651. The lowest BCUT2D eigenvalue weighted by Crippen LogP contribution is -2.40. The minimum absolute atomic E-state index is 0.0253. The number of hydrogen-bond acceptors (Lipinski definition) is 3. The SMILES string of the molecule is C=CCC(NS(=O)(=O)c1c(C)c(C)cc(C)c1C)C(=O)O. The van der Waals surface area contributed by atoms with Crippen LogP contribution in [0, 0.1) is 27.7 Å². The second-order valence-electron chi connectivity index (χ2n) is 5.13. The highest BCUT2D eigenvalue weighted by molar-refractivity contribution is 7.89. The van der Waals surface area contributed by atoms with Crippen molar-refractivity contribution in [2.75, 3.05) is 0 Å². The molecule has 0 aliphatic rings. The molecule has 5 nitrogen and oxygen atoms in total. The summed E-state index contributed by atoms with van der Waals surface area (Å²) in [5, 5.41) is 9.09. The number of nitrogens with one attached hydrogen (secondary N) is 1. The average Bonchev–Trinajstić information content (AvgIpc) is 2.35. The van der Waals surface area contributed by atoms with Gasteiger partial charge in [-0.2, -0.15) is 4.72 Å². The van der Waals surface area contributed by atoms with Crippen LogP contribution in [0.2, 0.25) is 0 Å². The summed E-state index contributed by atoms with van der Waals surface area (Å²) in [5.74, 6) is -1.22. The lowest BCUT2D eigenvalue weighted by molar-refractivity contribution is -0.138. The second kappa shape index (κ2) is 6.41. The van der Waals surface area contributed by atoms with Crippen molar-refractivity contribution in [3.63, 3.8) is 0 Å². The third kappa shape index (κ3) is 3.71. The molecule has 1 aromatic rings. The molecule has 0 spiro atoms. The Labute approximate surface area is 125 Å². The van der Waals surface area contributed by atoms with Crippen LogP contribution in [-0.4, -0.2) is 25.5 Å². The molecule has 0 amide bonds. The van der Waals surface area contributed by atoms with Gasteiger partial charge in [-0.05, 0) is 56.4 Å². The molecule has 0 aliphatic carbocycles. The number of aliphatic carboxylic acids is 1. The number of benzene rings is 1. The molecule has 0 fully saturated rings. The molecule has 116 valence electrons. The van der Waals surface area contributed by atoms with Crippen molar-refractivity contribution in [1.29, 1.82) is 0 Å². The van der Waals surface area contributed by atoms with Crippen LogP contribution in [0.25, 0.3) is 0 Å². The van der Waals surface area contributed by atoms with Crippen molar-refractivity contribution in [2.45, 2.75) is 45.1 Å². The minimum Gasteiger partial charge on any atom is -0.480 e. The van der Waals surface area contributed by atoms with Gasteiger partial charge in [-0.3, -0.25) is 4.79 Å². The van der Waals surface area contributed by atoms with Crippen molar-refractivity contribution in [3.05, 3.63) is 41.0 Å². The first-order chi connectivity index (χ1) is 9.61. The summed E-state index contributed by atoms with van der Waals surface area (Å²) < 4.78 is 27.4. The van der Waals surface area contributed by atoms with Crippen LogP contribution in [0.15, 0.2) is 23.6 Å². The topological polar surface area (TPSA) is 83.5 Å². The second-order valence-corrected chi connectivity index (χ2v) is 6.78. The van der Waals surface area contributed by atoms with Crippen LogP contribution in [0.4, 0.5) is 0 Å². The summed E-state index contributed by atoms with van der Waals surface area (Å²) in [6.45, 7) is 10.6. The molecule has 0 radical (unpaired) electrons. The Kier molecular flexibility index (Phi) is 5.31. The molecule has 0 aliphatic heterocycles. The number of carboxylic acid groups (broad SMARTS) is 1. The Balaban J connectivity index is 3.38. The maximum absolute atomic E-state index is 12.6. The lowest BCUT2D eigenvalue weighted by atomic mass is 10.0. The fraction of sp³-hybridized carbons (Fsp3) is 0.400. The molecule has 6 heteroatoms. The van der Waals surface area contributed by atoms with Crippen LogP contribution in [0.1, 0.15) is 28.7 Å². The van der Waals surface area contributed by atoms with Crippen LogP contribution >= 0.6 is 0 Å². The van der Waals surface area contributed by atoms with Crippen molar-refractivity contribution >= 4 is 16.0 Å². The van der Waals surface area contributed by atoms with Crippen molar-refractivity contribution in [3.8, 4) is 0 Å². The fourth-order valence-corrected chi connectivity index (χ4v) is 4.01. The van der Waals surface area contributed by atoms with Crippen molar-refractivity contribution in [2.24, 2.45) is 0 Å². The average molecular weight is 311 g/mol. The fourth-order valence-electron chi connectivity index (χ4n) is 2.20. The normalized spacial score (nSPS) is 13.0. The summed E-state index contributed by atoms with van der Waals surface area (Å²) in [6.07, 6.45) is 1.40. The summed E-state index contributed by atoms with van der Waals surface area (Å²) >= 11 is 0. The molecule has 0 saturated carbocycles. The smallest absolute Gasteiger partial charge is 0.322 e. The van der Waals surface area contributed by atoms with E-state index in [0.29, 0.717) is 11.1 Å². The van der Waals surface area contributed by atoms with Crippen LogP contribution in [-0.2, 0) is 14.8 Å². The van der Waals surface area contributed by atoms with E-state index >= 15 is 0 Å². The largest absolute Gasteiger partial charge is 0.480 e. The molecule has 21 heavy (non-hydrogen) atoms.